The number of methoxy groups -OCH3 is 1. The van der Waals surface area contributed by atoms with Crippen LogP contribution < -0.4 is 9.47 Å². The van der Waals surface area contributed by atoms with E-state index in [0.29, 0.717) is 23.9 Å². The smallest absolute Gasteiger partial charge is 0.254 e. The Kier molecular flexibility index (Phi) is 9.06. The van der Waals surface area contributed by atoms with E-state index in [1.54, 1.807) is 13.2 Å². The molecule has 0 bridgehead atoms. The van der Waals surface area contributed by atoms with Gasteiger partial charge in [-0.25, -0.2) is 0 Å². The molecule has 202 valence electrons. The number of rotatable bonds is 11. The molecule has 1 fully saturated rings. The number of ether oxygens (including phenoxy) is 2. The molecule has 3 aromatic carbocycles. The molecule has 4 aromatic rings. The van der Waals surface area contributed by atoms with E-state index in [1.807, 2.05) is 36.4 Å². The monoisotopic (exact) mass is 525 g/mol. The van der Waals surface area contributed by atoms with Crippen LogP contribution in [-0.2, 0) is 0 Å². The van der Waals surface area contributed by atoms with Crippen molar-refractivity contribution in [2.75, 3.05) is 46.4 Å². The van der Waals surface area contributed by atoms with Crippen LogP contribution in [-0.4, -0.2) is 72.6 Å². The van der Waals surface area contributed by atoms with Gasteiger partial charge in [-0.1, -0.05) is 78.9 Å². The Hall–Kier alpha value is -3.91. The van der Waals surface area contributed by atoms with E-state index in [0.717, 1.165) is 31.7 Å². The van der Waals surface area contributed by atoms with E-state index >= 15 is 0 Å². The van der Waals surface area contributed by atoms with Gasteiger partial charge in [-0.3, -0.25) is 9.80 Å². The lowest BCUT2D eigenvalue weighted by Crippen LogP contribution is -2.50. The Morgan fingerprint density at radius 1 is 0.872 bits per heavy atom. The first-order valence-corrected chi connectivity index (χ1v) is 13.3. The summed E-state index contributed by atoms with van der Waals surface area (Å²) < 4.78 is 16.3. The highest BCUT2D eigenvalue weighted by Gasteiger charge is 2.27. The Morgan fingerprint density at radius 3 is 2.15 bits per heavy atom. The number of aliphatic hydroxyl groups excluding tert-OH is 1. The van der Waals surface area contributed by atoms with Crippen LogP contribution in [0.2, 0.25) is 0 Å². The number of aromatic nitrogens is 1. The second kappa shape index (κ2) is 13.2. The minimum atomic E-state index is -0.592. The topological polar surface area (TPSA) is 71.2 Å². The van der Waals surface area contributed by atoms with E-state index in [4.69, 9.17) is 14.0 Å². The summed E-state index contributed by atoms with van der Waals surface area (Å²) in [5.41, 5.74) is 3.50. The van der Waals surface area contributed by atoms with Crippen LogP contribution in [0, 0.1) is 0 Å². The predicted octanol–water partition coefficient (Wildman–Crippen LogP) is 5.00. The fourth-order valence-corrected chi connectivity index (χ4v) is 4.99. The van der Waals surface area contributed by atoms with Crippen molar-refractivity contribution in [3.8, 4) is 11.6 Å². The number of aliphatic hydroxyl groups is 1. The zero-order valence-electron chi connectivity index (χ0n) is 22.2. The van der Waals surface area contributed by atoms with Gasteiger partial charge in [0.2, 0.25) is 0 Å². The van der Waals surface area contributed by atoms with Gasteiger partial charge in [0.15, 0.2) is 5.76 Å². The van der Waals surface area contributed by atoms with Crippen molar-refractivity contribution in [3.63, 3.8) is 0 Å². The number of β-amino-alcohol motifs (C(OH)–C–C–N with tert-alkyl or cyclic N) is 1. The fraction of sp³-hybridized carbons (Fsp3) is 0.281. The number of benzene rings is 3. The van der Waals surface area contributed by atoms with Crippen LogP contribution >= 0.6 is 0 Å². The molecule has 1 saturated heterocycles. The molecule has 7 heteroatoms. The first kappa shape index (κ1) is 26.7. The SMILES string of the molecule is COc1cc(/C=C\c2ccccc2OCC(O)CN2CCN(C(c3ccccc3)c3ccccc3)CC2)on1. The van der Waals surface area contributed by atoms with Gasteiger partial charge in [-0.05, 0) is 34.5 Å². The van der Waals surface area contributed by atoms with E-state index in [1.165, 1.54) is 11.1 Å². The van der Waals surface area contributed by atoms with Crippen LogP contribution in [0.25, 0.3) is 12.2 Å². The summed E-state index contributed by atoms with van der Waals surface area (Å²) in [6, 6.07) is 31.1. The van der Waals surface area contributed by atoms with Crippen molar-refractivity contribution in [2.45, 2.75) is 12.1 Å². The molecule has 5 rings (SSSR count). The van der Waals surface area contributed by atoms with Crippen LogP contribution in [0.5, 0.6) is 11.6 Å². The van der Waals surface area contributed by atoms with Gasteiger partial charge >= 0.3 is 0 Å². The predicted molar refractivity (Wildman–Crippen MR) is 153 cm³/mol. The lowest BCUT2D eigenvalue weighted by molar-refractivity contribution is 0.0400. The largest absolute Gasteiger partial charge is 0.490 e. The average Bonchev–Trinajstić information content (AvgIpc) is 3.46. The summed E-state index contributed by atoms with van der Waals surface area (Å²) in [5.74, 6) is 1.72. The van der Waals surface area contributed by atoms with Gasteiger partial charge < -0.3 is 19.1 Å². The number of hydrogen-bond acceptors (Lipinski definition) is 7. The lowest BCUT2D eigenvalue weighted by Gasteiger charge is -2.40. The number of hydrogen-bond donors (Lipinski definition) is 1. The summed E-state index contributed by atoms with van der Waals surface area (Å²) in [6.45, 7) is 4.45. The van der Waals surface area contributed by atoms with Crippen molar-refractivity contribution in [2.24, 2.45) is 0 Å². The summed E-state index contributed by atoms with van der Waals surface area (Å²) >= 11 is 0. The highest BCUT2D eigenvalue weighted by molar-refractivity contribution is 5.70. The molecule has 1 unspecified atom stereocenters. The zero-order valence-corrected chi connectivity index (χ0v) is 22.2. The summed E-state index contributed by atoms with van der Waals surface area (Å²) in [7, 11) is 1.55. The molecular formula is C32H35N3O4. The second-order valence-electron chi connectivity index (χ2n) is 9.67. The zero-order chi connectivity index (χ0) is 26.9. The summed E-state index contributed by atoms with van der Waals surface area (Å²) in [6.07, 6.45) is 3.12. The molecule has 0 aliphatic carbocycles. The molecule has 0 spiro atoms. The number of nitrogens with zero attached hydrogens (tertiary/aromatic N) is 3. The van der Waals surface area contributed by atoms with E-state index in [-0.39, 0.29) is 12.6 Å². The fourth-order valence-electron chi connectivity index (χ4n) is 4.99. The number of piperazine rings is 1. The van der Waals surface area contributed by atoms with Gasteiger partial charge in [0, 0.05) is 44.4 Å². The average molecular weight is 526 g/mol. The van der Waals surface area contributed by atoms with Gasteiger partial charge in [-0.2, -0.15) is 0 Å². The van der Waals surface area contributed by atoms with Crippen molar-refractivity contribution in [1.29, 1.82) is 0 Å². The summed E-state index contributed by atoms with van der Waals surface area (Å²) in [5, 5.41) is 14.6. The van der Waals surface area contributed by atoms with Crippen LogP contribution in [0.1, 0.15) is 28.5 Å². The minimum Gasteiger partial charge on any atom is -0.490 e. The molecule has 1 aliphatic rings. The molecule has 0 saturated carbocycles. The van der Waals surface area contributed by atoms with Crippen LogP contribution in [0.3, 0.4) is 0 Å². The maximum atomic E-state index is 10.8. The third-order valence-corrected chi connectivity index (χ3v) is 6.96. The molecule has 39 heavy (non-hydrogen) atoms. The van der Waals surface area contributed by atoms with Gasteiger partial charge in [0.05, 0.1) is 13.2 Å². The molecule has 2 heterocycles. The Morgan fingerprint density at radius 2 is 1.51 bits per heavy atom. The first-order valence-electron chi connectivity index (χ1n) is 13.3. The van der Waals surface area contributed by atoms with Crippen molar-refractivity contribution in [1.82, 2.24) is 15.0 Å². The van der Waals surface area contributed by atoms with E-state index in [2.05, 4.69) is 75.6 Å². The van der Waals surface area contributed by atoms with Crippen LogP contribution in [0.4, 0.5) is 0 Å². The van der Waals surface area contributed by atoms with E-state index in [9.17, 15) is 5.11 Å². The second-order valence-corrected chi connectivity index (χ2v) is 9.67. The van der Waals surface area contributed by atoms with Gasteiger partial charge in [0.1, 0.15) is 18.5 Å². The Bertz CT molecular complexity index is 1280. The van der Waals surface area contributed by atoms with Crippen molar-refractivity contribution in [3.05, 3.63) is 113 Å². The van der Waals surface area contributed by atoms with Crippen LogP contribution in [0.15, 0.2) is 95.5 Å². The van der Waals surface area contributed by atoms with E-state index < -0.39 is 6.10 Å². The number of para-hydroxylation sites is 1. The maximum Gasteiger partial charge on any atom is 0.254 e. The normalized spacial score (nSPS) is 15.6. The van der Waals surface area contributed by atoms with Crippen molar-refractivity contribution >= 4 is 12.2 Å². The molecule has 0 radical (unpaired) electrons. The highest BCUT2D eigenvalue weighted by Crippen LogP contribution is 2.29. The maximum absolute atomic E-state index is 10.8. The molecule has 1 N–H and O–H groups in total. The molecule has 7 nitrogen and oxygen atoms in total. The highest BCUT2D eigenvalue weighted by atomic mass is 16.5. The molecular weight excluding hydrogens is 490 g/mol. The molecule has 1 aromatic heterocycles. The summed E-state index contributed by atoms with van der Waals surface area (Å²) in [4.78, 5) is 4.86. The third-order valence-electron chi connectivity index (χ3n) is 6.96. The minimum absolute atomic E-state index is 0.220. The van der Waals surface area contributed by atoms with Crippen molar-refractivity contribution < 1.29 is 19.1 Å². The molecule has 1 aliphatic heterocycles. The van der Waals surface area contributed by atoms with Gasteiger partial charge in [-0.15, -0.1) is 0 Å². The standard InChI is InChI=1S/C32H35N3O4/c1-37-31-22-29(39-33-31)17-16-25-10-8-9-15-30(25)38-24-28(36)23-34-18-20-35(21-19-34)32(26-11-4-2-5-12-26)27-13-6-3-7-14-27/h2-17,22,28,32,36H,18-21,23-24H2,1H3/b17-16-. The quantitative estimate of drug-likeness (QED) is 0.295. The molecule has 1 atom stereocenters. The Balaban J connectivity index is 1.14. The lowest BCUT2D eigenvalue weighted by atomic mass is 9.96. The molecule has 0 amide bonds. The Labute approximate surface area is 229 Å². The van der Waals surface area contributed by atoms with Gasteiger partial charge in [0.25, 0.3) is 5.88 Å². The first-order chi connectivity index (χ1) is 19.2. The third kappa shape index (κ3) is 7.15.